The van der Waals surface area contributed by atoms with E-state index in [0.29, 0.717) is 37.3 Å². The molecule has 0 unspecified atom stereocenters. The first kappa shape index (κ1) is 24.3. The molecule has 13 heteroatoms. The molecule has 176 valence electrons. The minimum atomic E-state index is -4.16. The molecule has 3 heterocycles. The molecule has 1 N–H and O–H groups in total. The molecule has 1 saturated heterocycles. The van der Waals surface area contributed by atoms with Gasteiger partial charge in [0, 0.05) is 29.6 Å². The van der Waals surface area contributed by atoms with Crippen molar-refractivity contribution in [3.63, 3.8) is 0 Å². The standard InChI is InChI=1S/C21H26B3F3N6O/c22-21(23,24)33-12-16(11-28-33)14-1-2-17-15(9-14)10-18(31-30-17)29-19(34)13-3-6-32(7-4-13)8-5-20(25,26)27/h1-2,9-13H,3-8,22-24H2,(H,29,31,34). The van der Waals surface area contributed by atoms with Crippen LogP contribution in [-0.4, -0.2) is 80.1 Å². The van der Waals surface area contributed by atoms with E-state index in [1.165, 1.54) is 0 Å². The zero-order chi connectivity index (χ0) is 24.5. The Morgan fingerprint density at radius 1 is 1.09 bits per heavy atom. The number of benzene rings is 1. The van der Waals surface area contributed by atoms with Crippen LogP contribution in [0.2, 0.25) is 0 Å². The predicted molar refractivity (Wildman–Crippen MR) is 133 cm³/mol. The molecule has 4 rings (SSSR count). The lowest BCUT2D eigenvalue weighted by Crippen LogP contribution is -2.39. The van der Waals surface area contributed by atoms with Crippen LogP contribution in [0, 0.1) is 5.92 Å². The van der Waals surface area contributed by atoms with Crippen molar-refractivity contribution in [2.24, 2.45) is 5.92 Å². The summed E-state index contributed by atoms with van der Waals surface area (Å²) >= 11 is 0. The van der Waals surface area contributed by atoms with E-state index < -0.39 is 12.6 Å². The highest BCUT2D eigenvalue weighted by Crippen LogP contribution is 2.26. The minimum Gasteiger partial charge on any atom is -0.309 e. The summed E-state index contributed by atoms with van der Waals surface area (Å²) in [5, 5.41) is 16.3. The summed E-state index contributed by atoms with van der Waals surface area (Å²) in [5.41, 5.74) is 2.68. The van der Waals surface area contributed by atoms with E-state index in [9.17, 15) is 18.0 Å². The molecule has 1 aromatic carbocycles. The molecule has 3 aromatic rings. The monoisotopic (exact) mass is 468 g/mol. The smallest absolute Gasteiger partial charge is 0.309 e. The number of nitrogens with one attached hydrogen (secondary N) is 1. The number of amides is 1. The van der Waals surface area contributed by atoms with Crippen LogP contribution in [0.25, 0.3) is 22.0 Å². The highest BCUT2D eigenvalue weighted by Gasteiger charge is 2.30. The van der Waals surface area contributed by atoms with Gasteiger partial charge in [-0.2, -0.15) is 18.3 Å². The molecule has 0 aliphatic carbocycles. The van der Waals surface area contributed by atoms with Crippen molar-refractivity contribution in [3.8, 4) is 11.1 Å². The van der Waals surface area contributed by atoms with Gasteiger partial charge in [0.1, 0.15) is 23.5 Å². The molecular formula is C21H26B3F3N6O. The largest absolute Gasteiger partial charge is 0.390 e. The zero-order valence-corrected chi connectivity index (χ0v) is 19.6. The molecule has 34 heavy (non-hydrogen) atoms. The highest BCUT2D eigenvalue weighted by atomic mass is 19.4. The van der Waals surface area contributed by atoms with Crippen molar-refractivity contribution < 1.29 is 18.0 Å². The second-order valence-electron chi connectivity index (χ2n) is 9.82. The van der Waals surface area contributed by atoms with Gasteiger partial charge < -0.3 is 10.2 Å². The maximum absolute atomic E-state index is 12.7. The summed E-state index contributed by atoms with van der Waals surface area (Å²) in [7, 11) is 6.25. The number of halogens is 3. The van der Waals surface area contributed by atoms with Crippen molar-refractivity contribution in [1.82, 2.24) is 24.9 Å². The second kappa shape index (κ2) is 9.44. The fourth-order valence-electron chi connectivity index (χ4n) is 4.06. The Hall–Kier alpha value is -2.82. The molecule has 1 aliphatic heterocycles. The molecular weight excluding hydrogens is 442 g/mol. The second-order valence-corrected chi connectivity index (χ2v) is 9.82. The third kappa shape index (κ3) is 6.00. The number of hydrogen-bond donors (Lipinski definition) is 1. The predicted octanol–water partition coefficient (Wildman–Crippen LogP) is 0.563. The normalized spacial score (nSPS) is 16.1. The van der Waals surface area contributed by atoms with Gasteiger partial charge >= 0.3 is 6.18 Å². The molecule has 0 bridgehead atoms. The van der Waals surface area contributed by atoms with Crippen molar-refractivity contribution in [2.75, 3.05) is 25.0 Å². The van der Waals surface area contributed by atoms with E-state index >= 15 is 0 Å². The van der Waals surface area contributed by atoms with Crippen molar-refractivity contribution in [2.45, 2.75) is 30.7 Å². The topological polar surface area (TPSA) is 75.9 Å². The van der Waals surface area contributed by atoms with Crippen LogP contribution >= 0.6 is 0 Å². The summed E-state index contributed by atoms with van der Waals surface area (Å²) in [6.07, 6.45) is -0.116. The lowest BCUT2D eigenvalue weighted by molar-refractivity contribution is -0.139. The maximum atomic E-state index is 12.7. The number of fused-ring (bicyclic) bond motifs is 1. The number of likely N-dealkylation sites (tertiary alicyclic amines) is 1. The summed E-state index contributed by atoms with van der Waals surface area (Å²) in [6.45, 7) is 0.928. The van der Waals surface area contributed by atoms with Crippen molar-refractivity contribution in [1.29, 1.82) is 0 Å². The maximum Gasteiger partial charge on any atom is 0.390 e. The van der Waals surface area contributed by atoms with Crippen LogP contribution in [-0.2, 0) is 10.0 Å². The van der Waals surface area contributed by atoms with Crippen LogP contribution in [0.4, 0.5) is 19.0 Å². The molecule has 0 atom stereocenters. The summed E-state index contributed by atoms with van der Waals surface area (Å²) in [4.78, 5) is 14.5. The summed E-state index contributed by atoms with van der Waals surface area (Å²) < 4.78 is 39.2. The first-order chi connectivity index (χ1) is 16.0. The number of alkyl halides is 3. The van der Waals surface area contributed by atoms with Gasteiger partial charge in [0.25, 0.3) is 0 Å². The Labute approximate surface area is 198 Å². The fraction of sp³-hybridized carbons (Fsp3) is 0.429. The van der Waals surface area contributed by atoms with Crippen LogP contribution in [0.5, 0.6) is 0 Å². The molecule has 0 saturated carbocycles. The van der Waals surface area contributed by atoms with Gasteiger partial charge in [0.2, 0.25) is 5.91 Å². The molecule has 0 radical (unpaired) electrons. The van der Waals surface area contributed by atoms with E-state index in [2.05, 4.69) is 44.2 Å². The Morgan fingerprint density at radius 3 is 2.47 bits per heavy atom. The first-order valence-electron chi connectivity index (χ1n) is 11.4. The van der Waals surface area contributed by atoms with Crippen LogP contribution in [0.15, 0.2) is 36.7 Å². The van der Waals surface area contributed by atoms with Gasteiger partial charge in [-0.05, 0) is 54.9 Å². The molecule has 0 spiro atoms. The number of nitrogens with zero attached hydrogens (tertiary/aromatic N) is 5. The summed E-state index contributed by atoms with van der Waals surface area (Å²) in [6, 6.07) is 7.62. The Morgan fingerprint density at radius 2 is 1.82 bits per heavy atom. The van der Waals surface area contributed by atoms with Crippen molar-refractivity contribution in [3.05, 3.63) is 36.7 Å². The molecule has 7 nitrogen and oxygen atoms in total. The Kier molecular flexibility index (Phi) is 6.75. The van der Waals surface area contributed by atoms with Gasteiger partial charge in [0.15, 0.2) is 5.82 Å². The number of hydrogen-bond acceptors (Lipinski definition) is 5. The lowest BCUT2D eigenvalue weighted by atomic mass is 9.49. The lowest BCUT2D eigenvalue weighted by Gasteiger charge is -2.31. The number of anilines is 1. The van der Waals surface area contributed by atoms with Gasteiger partial charge in [-0.1, -0.05) is 6.07 Å². The zero-order valence-electron chi connectivity index (χ0n) is 19.6. The number of rotatable bonds is 6. The van der Waals surface area contributed by atoms with Gasteiger partial charge in [0.05, 0.1) is 18.1 Å². The average molecular weight is 468 g/mol. The van der Waals surface area contributed by atoms with Crippen LogP contribution in [0.3, 0.4) is 0 Å². The molecule has 1 amide bonds. The third-order valence-corrected chi connectivity index (χ3v) is 6.11. The SMILES string of the molecule is BC(B)(B)n1cc(-c2ccc3nnc(NC(=O)C4CCN(CCC(F)(F)F)CC4)cc3c2)cn1. The minimum absolute atomic E-state index is 0.0228. The average Bonchev–Trinajstić information content (AvgIpc) is 3.28. The molecule has 1 aliphatic rings. The van der Waals surface area contributed by atoms with Crippen LogP contribution in [0.1, 0.15) is 19.3 Å². The Balaban J connectivity index is 1.41. The van der Waals surface area contributed by atoms with Crippen LogP contribution < -0.4 is 5.32 Å². The first-order valence-corrected chi connectivity index (χ1v) is 11.4. The number of aromatic nitrogens is 4. The van der Waals surface area contributed by atoms with E-state index in [-0.39, 0.29) is 23.6 Å². The fourth-order valence-corrected chi connectivity index (χ4v) is 4.06. The van der Waals surface area contributed by atoms with E-state index in [1.807, 2.05) is 35.3 Å². The third-order valence-electron chi connectivity index (χ3n) is 6.11. The summed E-state index contributed by atoms with van der Waals surface area (Å²) in [5.74, 6) is -0.0690. The Bertz CT molecular complexity index is 1170. The van der Waals surface area contributed by atoms with E-state index in [1.54, 1.807) is 11.0 Å². The quantitative estimate of drug-likeness (QED) is 0.536. The van der Waals surface area contributed by atoms with Crippen molar-refractivity contribution >= 4 is 46.2 Å². The highest BCUT2D eigenvalue weighted by molar-refractivity contribution is 6.56. The number of piperidine rings is 1. The van der Waals surface area contributed by atoms with Gasteiger partial charge in [-0.15, -0.1) is 10.2 Å². The molecule has 2 aromatic heterocycles. The number of carbonyl (C=O) groups excluding carboxylic acids is 1. The molecule has 1 fully saturated rings. The van der Waals surface area contributed by atoms with Gasteiger partial charge in [-0.25, -0.2) is 0 Å². The van der Waals surface area contributed by atoms with E-state index in [0.717, 1.165) is 16.5 Å². The van der Waals surface area contributed by atoms with Gasteiger partial charge in [-0.3, -0.25) is 9.48 Å². The number of carbonyl (C=O) groups is 1. The van der Waals surface area contributed by atoms with E-state index in [4.69, 9.17) is 0 Å².